The molecule has 5 heteroatoms. The first-order valence-corrected chi connectivity index (χ1v) is 11.8. The number of pyridine rings is 1. The van der Waals surface area contributed by atoms with E-state index in [4.69, 9.17) is 0 Å². The lowest BCUT2D eigenvalue weighted by atomic mass is 9.96. The fraction of sp³-hybridized carbons (Fsp3) is 0.458. The van der Waals surface area contributed by atoms with Gasteiger partial charge in [0.05, 0.1) is 0 Å². The molecule has 1 unspecified atom stereocenters. The number of hydrogen-bond acceptors (Lipinski definition) is 5. The number of dihydropyridines is 1. The normalized spacial score (nSPS) is 20.9. The smallest absolute Gasteiger partial charge is 0.0443 e. The van der Waals surface area contributed by atoms with Gasteiger partial charge in [-0.2, -0.15) is 0 Å². The molecule has 0 spiro atoms. The summed E-state index contributed by atoms with van der Waals surface area (Å²) in [5, 5.41) is 9.79. The second-order valence-electron chi connectivity index (χ2n) is 8.18. The average Bonchev–Trinajstić information content (AvgIpc) is 2.72. The summed E-state index contributed by atoms with van der Waals surface area (Å²) in [6.45, 7) is 8.91. The molecule has 0 radical (unpaired) electrons. The molecule has 2 aliphatic heterocycles. The van der Waals surface area contributed by atoms with E-state index in [-0.39, 0.29) is 0 Å². The van der Waals surface area contributed by atoms with Crippen LogP contribution in [0.5, 0.6) is 0 Å². The number of piperidine rings is 1. The molecule has 1 aromatic heterocycles. The standard InChI is InChI=1S/C24H32N4S/c1-4-11-29-28-9-6-22(7-10-28)27-24-15-21(14-19-5-8-25-16-23(19)24)20-12-17(2)26-18(3)13-20/h5,8,12-17,22,26-27H,4,6-7,9-11H2,1-3H3. The molecule has 1 fully saturated rings. The van der Waals surface area contributed by atoms with E-state index in [2.05, 4.69) is 71.0 Å². The highest BCUT2D eigenvalue weighted by molar-refractivity contribution is 7.97. The Labute approximate surface area is 179 Å². The van der Waals surface area contributed by atoms with Crippen molar-refractivity contribution in [3.05, 3.63) is 54.0 Å². The molecule has 4 nitrogen and oxygen atoms in total. The molecule has 4 rings (SSSR count). The summed E-state index contributed by atoms with van der Waals surface area (Å²) in [6.07, 6.45) is 12.1. The van der Waals surface area contributed by atoms with Gasteiger partial charge in [-0.3, -0.25) is 9.29 Å². The average molecular weight is 409 g/mol. The molecule has 0 amide bonds. The van der Waals surface area contributed by atoms with Crippen molar-refractivity contribution in [3.8, 4) is 0 Å². The van der Waals surface area contributed by atoms with Crippen LogP contribution in [-0.2, 0) is 0 Å². The number of hydrogen-bond donors (Lipinski definition) is 2. The van der Waals surface area contributed by atoms with Crippen LogP contribution in [0, 0.1) is 0 Å². The van der Waals surface area contributed by atoms with Crippen LogP contribution in [0.15, 0.2) is 48.4 Å². The first-order chi connectivity index (χ1) is 14.1. The zero-order valence-electron chi connectivity index (χ0n) is 17.7. The summed E-state index contributed by atoms with van der Waals surface area (Å²) in [4.78, 5) is 4.39. The van der Waals surface area contributed by atoms with E-state index in [1.54, 1.807) is 0 Å². The molecular formula is C24H32N4S. The first kappa shape index (κ1) is 20.3. The minimum absolute atomic E-state index is 0.351. The van der Waals surface area contributed by atoms with Crippen molar-refractivity contribution in [1.29, 1.82) is 0 Å². The van der Waals surface area contributed by atoms with Gasteiger partial charge in [0.2, 0.25) is 0 Å². The lowest BCUT2D eigenvalue weighted by Crippen LogP contribution is -2.35. The molecular weight excluding hydrogens is 376 g/mol. The predicted molar refractivity (Wildman–Crippen MR) is 127 cm³/mol. The van der Waals surface area contributed by atoms with Crippen LogP contribution in [0.4, 0.5) is 5.69 Å². The Morgan fingerprint density at radius 2 is 2.10 bits per heavy atom. The van der Waals surface area contributed by atoms with Gasteiger partial charge in [-0.15, -0.1) is 0 Å². The third-order valence-corrected chi connectivity index (χ3v) is 6.96. The van der Waals surface area contributed by atoms with Crippen LogP contribution in [0.1, 0.15) is 45.6 Å². The quantitative estimate of drug-likeness (QED) is 0.622. The topological polar surface area (TPSA) is 40.2 Å². The van der Waals surface area contributed by atoms with E-state index in [9.17, 15) is 0 Å². The number of fused-ring (bicyclic) bond motifs is 1. The number of anilines is 1. The van der Waals surface area contributed by atoms with Gasteiger partial charge < -0.3 is 10.6 Å². The summed E-state index contributed by atoms with van der Waals surface area (Å²) >= 11 is 2.01. The van der Waals surface area contributed by atoms with Gasteiger partial charge in [0.25, 0.3) is 0 Å². The Morgan fingerprint density at radius 3 is 2.86 bits per heavy atom. The Balaban J connectivity index is 1.58. The SMILES string of the molecule is CCCSN1CCC(Nc2cc(C3=CC(C)NC(C)=C3)cc3ccncc23)CC1. The van der Waals surface area contributed by atoms with E-state index >= 15 is 0 Å². The van der Waals surface area contributed by atoms with Gasteiger partial charge in [0.15, 0.2) is 0 Å². The first-order valence-electron chi connectivity index (χ1n) is 10.8. The number of rotatable bonds is 6. The maximum atomic E-state index is 4.39. The molecule has 2 aromatic rings. The fourth-order valence-corrected chi connectivity index (χ4v) is 5.14. The molecule has 1 saturated heterocycles. The monoisotopic (exact) mass is 408 g/mol. The van der Waals surface area contributed by atoms with E-state index in [1.807, 2.05) is 24.3 Å². The molecule has 29 heavy (non-hydrogen) atoms. The number of nitrogens with one attached hydrogen (secondary N) is 2. The minimum atomic E-state index is 0.351. The zero-order valence-corrected chi connectivity index (χ0v) is 18.6. The molecule has 1 aromatic carbocycles. The summed E-state index contributed by atoms with van der Waals surface area (Å²) in [7, 11) is 0. The summed E-state index contributed by atoms with van der Waals surface area (Å²) in [5.74, 6) is 1.23. The largest absolute Gasteiger partial charge is 0.383 e. The molecule has 3 heterocycles. The van der Waals surface area contributed by atoms with Gasteiger partial charge in [-0.25, -0.2) is 0 Å². The lowest BCUT2D eigenvalue weighted by Gasteiger charge is -2.32. The third-order valence-electron chi connectivity index (χ3n) is 5.64. The second kappa shape index (κ2) is 9.23. The summed E-state index contributed by atoms with van der Waals surface area (Å²) in [6, 6.07) is 7.60. The predicted octanol–water partition coefficient (Wildman–Crippen LogP) is 5.45. The van der Waals surface area contributed by atoms with Crippen LogP contribution < -0.4 is 10.6 Å². The van der Waals surface area contributed by atoms with Crippen molar-refractivity contribution < 1.29 is 0 Å². The number of benzene rings is 1. The van der Waals surface area contributed by atoms with Crippen LogP contribution in [0.2, 0.25) is 0 Å². The summed E-state index contributed by atoms with van der Waals surface area (Å²) in [5.41, 5.74) is 5.00. The van der Waals surface area contributed by atoms with Gasteiger partial charge in [0.1, 0.15) is 0 Å². The van der Waals surface area contributed by atoms with Gasteiger partial charge in [0, 0.05) is 60.1 Å². The Bertz CT molecular complexity index is 912. The van der Waals surface area contributed by atoms with Gasteiger partial charge in [-0.05, 0) is 73.9 Å². The maximum absolute atomic E-state index is 4.39. The fourth-order valence-electron chi connectivity index (χ4n) is 4.23. The Kier molecular flexibility index (Phi) is 6.46. The van der Waals surface area contributed by atoms with Crippen LogP contribution in [0.25, 0.3) is 16.3 Å². The van der Waals surface area contributed by atoms with E-state index in [0.717, 1.165) is 13.1 Å². The molecule has 0 saturated carbocycles. The molecule has 0 bridgehead atoms. The highest BCUT2D eigenvalue weighted by atomic mass is 32.2. The highest BCUT2D eigenvalue weighted by Gasteiger charge is 2.20. The van der Waals surface area contributed by atoms with E-state index in [0.29, 0.717) is 12.1 Å². The second-order valence-corrected chi connectivity index (χ2v) is 9.37. The van der Waals surface area contributed by atoms with Crippen molar-refractivity contribution in [1.82, 2.24) is 14.6 Å². The van der Waals surface area contributed by atoms with Crippen molar-refractivity contribution >= 4 is 34.0 Å². The van der Waals surface area contributed by atoms with E-state index in [1.165, 1.54) is 58.3 Å². The van der Waals surface area contributed by atoms with Crippen LogP contribution in [0.3, 0.4) is 0 Å². The number of nitrogens with zero attached hydrogens (tertiary/aromatic N) is 2. The molecule has 1 atom stereocenters. The third kappa shape index (κ3) is 4.96. The van der Waals surface area contributed by atoms with E-state index < -0.39 is 0 Å². The number of aromatic nitrogens is 1. The molecule has 2 aliphatic rings. The zero-order chi connectivity index (χ0) is 20.2. The molecule has 0 aliphatic carbocycles. The van der Waals surface area contributed by atoms with Gasteiger partial charge in [-0.1, -0.05) is 24.9 Å². The van der Waals surface area contributed by atoms with Crippen molar-refractivity contribution in [2.24, 2.45) is 0 Å². The van der Waals surface area contributed by atoms with Crippen molar-refractivity contribution in [2.75, 3.05) is 24.2 Å². The van der Waals surface area contributed by atoms with Crippen LogP contribution in [-0.4, -0.2) is 40.2 Å². The summed E-state index contributed by atoms with van der Waals surface area (Å²) < 4.78 is 2.53. The molecule has 2 N–H and O–H groups in total. The van der Waals surface area contributed by atoms with Crippen LogP contribution >= 0.6 is 11.9 Å². The lowest BCUT2D eigenvalue weighted by molar-refractivity contribution is 0.358. The maximum Gasteiger partial charge on any atom is 0.0443 e. The number of allylic oxidation sites excluding steroid dienone is 3. The Morgan fingerprint density at radius 1 is 1.28 bits per heavy atom. The molecule has 154 valence electrons. The van der Waals surface area contributed by atoms with Crippen molar-refractivity contribution in [3.63, 3.8) is 0 Å². The minimum Gasteiger partial charge on any atom is -0.383 e. The highest BCUT2D eigenvalue weighted by Crippen LogP contribution is 2.32. The van der Waals surface area contributed by atoms with Crippen molar-refractivity contribution in [2.45, 2.75) is 52.1 Å². The van der Waals surface area contributed by atoms with Gasteiger partial charge >= 0.3 is 0 Å². The Hall–Kier alpha value is -1.98.